The Morgan fingerprint density at radius 2 is 2.06 bits per heavy atom. The van der Waals surface area contributed by atoms with Crippen molar-refractivity contribution < 1.29 is 0 Å². The van der Waals surface area contributed by atoms with Crippen molar-refractivity contribution in [3.05, 3.63) is 21.9 Å². The molecular weight excluding hydrogens is 214 g/mol. The normalized spacial score (nSPS) is 19.7. The molecule has 0 spiro atoms. The molecule has 1 fully saturated rings. The van der Waals surface area contributed by atoms with Crippen LogP contribution in [0.3, 0.4) is 0 Å². The Kier molecular flexibility index (Phi) is 3.70. The zero-order chi connectivity index (χ0) is 11.6. The summed E-state index contributed by atoms with van der Waals surface area (Å²) in [5, 5.41) is 3.38. The zero-order valence-corrected chi connectivity index (χ0v) is 11.5. The lowest BCUT2D eigenvalue weighted by atomic mass is 9.81. The molecule has 0 saturated heterocycles. The van der Waals surface area contributed by atoms with E-state index in [1.807, 2.05) is 11.3 Å². The van der Waals surface area contributed by atoms with E-state index in [1.165, 1.54) is 30.6 Å². The smallest absolute Gasteiger partial charge is 0.00541 e. The van der Waals surface area contributed by atoms with Crippen LogP contribution in [0.25, 0.3) is 0 Å². The first-order valence-corrected chi connectivity index (χ1v) is 7.22. The predicted octanol–water partition coefficient (Wildman–Crippen LogP) is 3.49. The lowest BCUT2D eigenvalue weighted by Crippen LogP contribution is -2.33. The Morgan fingerprint density at radius 1 is 1.38 bits per heavy atom. The van der Waals surface area contributed by atoms with Gasteiger partial charge in [-0.3, -0.25) is 0 Å². The van der Waals surface area contributed by atoms with Crippen molar-refractivity contribution >= 4 is 11.3 Å². The van der Waals surface area contributed by atoms with Crippen molar-refractivity contribution in [2.24, 2.45) is 11.3 Å². The maximum atomic E-state index is 3.38. The summed E-state index contributed by atoms with van der Waals surface area (Å²) < 4.78 is 0. The molecule has 2 rings (SSSR count). The number of hydrogen-bond donors (Lipinski definition) is 1. The highest BCUT2D eigenvalue weighted by atomic mass is 32.1. The Hall–Kier alpha value is -0.340. The highest BCUT2D eigenvalue weighted by molar-refractivity contribution is 7.11. The third-order valence-corrected chi connectivity index (χ3v) is 5.02. The van der Waals surface area contributed by atoms with Crippen LogP contribution in [0, 0.1) is 11.3 Å². The lowest BCUT2D eigenvalue weighted by Gasteiger charge is -2.29. The van der Waals surface area contributed by atoms with E-state index in [9.17, 15) is 0 Å². The molecule has 1 nitrogen and oxygen atoms in total. The van der Waals surface area contributed by atoms with Crippen molar-refractivity contribution in [3.8, 4) is 0 Å². The predicted molar refractivity (Wildman–Crippen MR) is 72.2 cm³/mol. The molecule has 0 amide bonds. The van der Waals surface area contributed by atoms with Gasteiger partial charge in [0, 0.05) is 16.3 Å². The minimum absolute atomic E-state index is 0.477. The summed E-state index contributed by atoms with van der Waals surface area (Å²) in [6, 6.07) is 4.63. The summed E-state index contributed by atoms with van der Waals surface area (Å²) in [5.41, 5.74) is 0.477. The highest BCUT2D eigenvalue weighted by Crippen LogP contribution is 2.47. The van der Waals surface area contributed by atoms with E-state index in [0.717, 1.165) is 12.5 Å². The zero-order valence-electron chi connectivity index (χ0n) is 10.7. The van der Waals surface area contributed by atoms with Crippen LogP contribution in [-0.4, -0.2) is 13.6 Å². The highest BCUT2D eigenvalue weighted by Gasteiger charge is 2.41. The molecule has 90 valence electrons. The second-order valence-corrected chi connectivity index (χ2v) is 6.61. The maximum Gasteiger partial charge on any atom is 0.00541 e. The van der Waals surface area contributed by atoms with Gasteiger partial charge in [0.25, 0.3) is 0 Å². The number of aryl methyl sites for hydroxylation is 1. The molecule has 0 aromatic carbocycles. The van der Waals surface area contributed by atoms with Gasteiger partial charge in [-0.15, -0.1) is 11.3 Å². The quantitative estimate of drug-likeness (QED) is 0.798. The van der Waals surface area contributed by atoms with Crippen LogP contribution in [0.2, 0.25) is 0 Å². The minimum Gasteiger partial charge on any atom is -0.319 e. The van der Waals surface area contributed by atoms with Gasteiger partial charge < -0.3 is 5.32 Å². The SMILES string of the molecule is CCc1ccc(CC(C)(CNC)C2CC2)s1. The first-order valence-electron chi connectivity index (χ1n) is 6.40. The Morgan fingerprint density at radius 3 is 2.56 bits per heavy atom. The van der Waals surface area contributed by atoms with Crippen molar-refractivity contribution in [1.82, 2.24) is 5.32 Å². The topological polar surface area (TPSA) is 12.0 Å². The van der Waals surface area contributed by atoms with E-state index < -0.39 is 0 Å². The molecule has 0 bridgehead atoms. The summed E-state index contributed by atoms with van der Waals surface area (Å²) in [5.74, 6) is 0.951. The minimum atomic E-state index is 0.477. The molecule has 1 atom stereocenters. The summed E-state index contributed by atoms with van der Waals surface area (Å²) in [4.78, 5) is 3.10. The van der Waals surface area contributed by atoms with E-state index in [-0.39, 0.29) is 0 Å². The van der Waals surface area contributed by atoms with Gasteiger partial charge in [-0.1, -0.05) is 13.8 Å². The number of hydrogen-bond acceptors (Lipinski definition) is 2. The Balaban J connectivity index is 2.04. The number of thiophene rings is 1. The molecule has 0 aliphatic heterocycles. The van der Waals surface area contributed by atoms with Gasteiger partial charge in [-0.25, -0.2) is 0 Å². The molecule has 1 heterocycles. The van der Waals surface area contributed by atoms with Crippen LogP contribution < -0.4 is 5.32 Å². The second-order valence-electron chi connectivity index (χ2n) is 5.36. The molecule has 1 aliphatic carbocycles. The fourth-order valence-electron chi connectivity index (χ4n) is 2.64. The van der Waals surface area contributed by atoms with Crippen LogP contribution in [0.4, 0.5) is 0 Å². The summed E-state index contributed by atoms with van der Waals surface area (Å²) in [7, 11) is 2.08. The van der Waals surface area contributed by atoms with Crippen LogP contribution in [0.15, 0.2) is 12.1 Å². The average Bonchev–Trinajstić information content (AvgIpc) is 3.02. The van der Waals surface area contributed by atoms with Crippen molar-refractivity contribution in [3.63, 3.8) is 0 Å². The summed E-state index contributed by atoms with van der Waals surface area (Å²) in [6.45, 7) is 5.84. The van der Waals surface area contributed by atoms with E-state index in [2.05, 4.69) is 38.3 Å². The van der Waals surface area contributed by atoms with Crippen molar-refractivity contribution in [2.45, 2.75) is 39.5 Å². The molecule has 2 heteroatoms. The maximum absolute atomic E-state index is 3.38. The number of rotatable bonds is 6. The molecule has 16 heavy (non-hydrogen) atoms. The molecule has 1 aromatic rings. The molecule has 1 aliphatic rings. The molecule has 1 unspecified atom stereocenters. The van der Waals surface area contributed by atoms with Gasteiger partial charge in [-0.2, -0.15) is 0 Å². The molecule has 1 N–H and O–H groups in total. The number of nitrogens with one attached hydrogen (secondary N) is 1. The fraction of sp³-hybridized carbons (Fsp3) is 0.714. The first-order chi connectivity index (χ1) is 7.68. The van der Waals surface area contributed by atoms with Gasteiger partial charge in [0.15, 0.2) is 0 Å². The van der Waals surface area contributed by atoms with Gasteiger partial charge in [0.1, 0.15) is 0 Å². The molecular formula is C14H23NS. The van der Waals surface area contributed by atoms with E-state index >= 15 is 0 Å². The van der Waals surface area contributed by atoms with Gasteiger partial charge in [0.2, 0.25) is 0 Å². The largest absolute Gasteiger partial charge is 0.319 e. The van der Waals surface area contributed by atoms with Crippen molar-refractivity contribution in [1.29, 1.82) is 0 Å². The molecule has 0 radical (unpaired) electrons. The van der Waals surface area contributed by atoms with Crippen molar-refractivity contribution in [2.75, 3.05) is 13.6 Å². The Labute approximate surface area is 103 Å². The van der Waals surface area contributed by atoms with E-state index in [0.29, 0.717) is 5.41 Å². The third kappa shape index (κ3) is 2.67. The monoisotopic (exact) mass is 237 g/mol. The fourth-order valence-corrected chi connectivity index (χ4v) is 3.80. The average molecular weight is 237 g/mol. The summed E-state index contributed by atoms with van der Waals surface area (Å²) >= 11 is 2.00. The molecule has 1 aromatic heterocycles. The van der Waals surface area contributed by atoms with Crippen LogP contribution in [0.1, 0.15) is 36.4 Å². The van der Waals surface area contributed by atoms with Crippen LogP contribution in [0.5, 0.6) is 0 Å². The Bertz CT molecular complexity index is 340. The van der Waals surface area contributed by atoms with Gasteiger partial charge >= 0.3 is 0 Å². The standard InChI is InChI=1S/C14H23NS/c1-4-12-7-8-13(16-12)9-14(2,10-15-3)11-5-6-11/h7-8,11,15H,4-6,9-10H2,1-3H3. The second kappa shape index (κ2) is 4.89. The molecule has 1 saturated carbocycles. The summed E-state index contributed by atoms with van der Waals surface area (Å²) in [6.07, 6.45) is 5.30. The van der Waals surface area contributed by atoms with Gasteiger partial charge in [0.05, 0.1) is 0 Å². The van der Waals surface area contributed by atoms with Gasteiger partial charge in [-0.05, 0) is 56.2 Å². The third-order valence-electron chi connectivity index (χ3n) is 3.79. The lowest BCUT2D eigenvalue weighted by molar-refractivity contribution is 0.265. The van der Waals surface area contributed by atoms with Crippen LogP contribution >= 0.6 is 11.3 Å². The van der Waals surface area contributed by atoms with E-state index in [1.54, 1.807) is 4.88 Å². The van der Waals surface area contributed by atoms with E-state index in [4.69, 9.17) is 0 Å². The van der Waals surface area contributed by atoms with Crippen LogP contribution in [-0.2, 0) is 12.8 Å². The first kappa shape index (κ1) is 12.1.